The van der Waals surface area contributed by atoms with Crippen molar-refractivity contribution in [2.24, 2.45) is 5.92 Å². The van der Waals surface area contributed by atoms with E-state index in [9.17, 15) is 4.79 Å². The summed E-state index contributed by atoms with van der Waals surface area (Å²) in [5.74, 6) is -0.453. The van der Waals surface area contributed by atoms with Gasteiger partial charge >= 0.3 is 5.97 Å². The van der Waals surface area contributed by atoms with Gasteiger partial charge in [0.15, 0.2) is 0 Å². The average molecular weight is 220 g/mol. The molecule has 0 aliphatic heterocycles. The number of benzene rings is 1. The molecule has 1 N–H and O–H groups in total. The first-order valence-electron chi connectivity index (χ1n) is 5.77. The number of carboxylic acids is 1. The second kappa shape index (κ2) is 5.69. The summed E-state index contributed by atoms with van der Waals surface area (Å²) in [5.41, 5.74) is 3.91. The van der Waals surface area contributed by atoms with Crippen molar-refractivity contribution < 1.29 is 9.90 Å². The topological polar surface area (TPSA) is 37.3 Å². The summed E-state index contributed by atoms with van der Waals surface area (Å²) >= 11 is 0. The van der Waals surface area contributed by atoms with Crippen molar-refractivity contribution in [2.45, 2.75) is 40.0 Å². The van der Waals surface area contributed by atoms with Gasteiger partial charge in [-0.05, 0) is 43.7 Å². The third kappa shape index (κ3) is 4.05. The van der Waals surface area contributed by atoms with Crippen molar-refractivity contribution in [2.75, 3.05) is 0 Å². The van der Waals surface area contributed by atoms with Crippen molar-refractivity contribution in [3.63, 3.8) is 0 Å². The Morgan fingerprint density at radius 1 is 1.38 bits per heavy atom. The minimum absolute atomic E-state index is 0.248. The van der Waals surface area contributed by atoms with E-state index in [-0.39, 0.29) is 12.3 Å². The Morgan fingerprint density at radius 2 is 2.06 bits per heavy atom. The predicted octanol–water partition coefficient (Wildman–Crippen LogP) is 3.35. The molecule has 1 rings (SSSR count). The first-order chi connectivity index (χ1) is 7.49. The minimum atomic E-state index is -0.700. The van der Waals surface area contributed by atoms with Gasteiger partial charge in [0.2, 0.25) is 0 Å². The number of rotatable bonds is 5. The van der Waals surface area contributed by atoms with Gasteiger partial charge in [0.05, 0.1) is 0 Å². The van der Waals surface area contributed by atoms with E-state index < -0.39 is 5.97 Å². The van der Waals surface area contributed by atoms with E-state index in [1.807, 2.05) is 6.92 Å². The van der Waals surface area contributed by atoms with E-state index >= 15 is 0 Å². The fourth-order valence-corrected chi connectivity index (χ4v) is 1.87. The monoisotopic (exact) mass is 220 g/mol. The van der Waals surface area contributed by atoms with Gasteiger partial charge in [-0.25, -0.2) is 0 Å². The molecule has 16 heavy (non-hydrogen) atoms. The lowest BCUT2D eigenvalue weighted by molar-refractivity contribution is -0.138. The van der Waals surface area contributed by atoms with E-state index in [2.05, 4.69) is 32.0 Å². The maximum absolute atomic E-state index is 10.5. The van der Waals surface area contributed by atoms with E-state index in [4.69, 9.17) is 5.11 Å². The zero-order valence-corrected chi connectivity index (χ0v) is 10.3. The van der Waals surface area contributed by atoms with Gasteiger partial charge in [-0.1, -0.05) is 30.7 Å². The van der Waals surface area contributed by atoms with Crippen LogP contribution in [0.2, 0.25) is 0 Å². The SMILES string of the molecule is Cc1ccc(C)c(CCC(C)CC(=O)O)c1. The van der Waals surface area contributed by atoms with Crippen LogP contribution in [0.1, 0.15) is 36.5 Å². The van der Waals surface area contributed by atoms with Crippen molar-refractivity contribution in [3.05, 3.63) is 34.9 Å². The van der Waals surface area contributed by atoms with Crippen molar-refractivity contribution in [1.29, 1.82) is 0 Å². The Hall–Kier alpha value is -1.31. The molecular weight excluding hydrogens is 200 g/mol. The molecule has 1 aromatic rings. The molecule has 0 fully saturated rings. The minimum Gasteiger partial charge on any atom is -0.481 e. The smallest absolute Gasteiger partial charge is 0.303 e. The molecule has 2 nitrogen and oxygen atoms in total. The van der Waals surface area contributed by atoms with Gasteiger partial charge in [0.1, 0.15) is 0 Å². The van der Waals surface area contributed by atoms with E-state index in [1.165, 1.54) is 16.7 Å². The van der Waals surface area contributed by atoms with Crippen LogP contribution in [0.3, 0.4) is 0 Å². The van der Waals surface area contributed by atoms with E-state index in [0.29, 0.717) is 0 Å². The lowest BCUT2D eigenvalue weighted by Crippen LogP contribution is -2.05. The first-order valence-corrected chi connectivity index (χ1v) is 5.77. The number of carboxylic acid groups (broad SMARTS) is 1. The second-order valence-corrected chi connectivity index (χ2v) is 4.67. The molecule has 0 heterocycles. The largest absolute Gasteiger partial charge is 0.481 e. The number of aryl methyl sites for hydroxylation is 3. The fourth-order valence-electron chi connectivity index (χ4n) is 1.87. The van der Waals surface area contributed by atoms with Crippen LogP contribution in [0.25, 0.3) is 0 Å². The Morgan fingerprint density at radius 3 is 2.69 bits per heavy atom. The summed E-state index contributed by atoms with van der Waals surface area (Å²) in [6.07, 6.45) is 2.18. The van der Waals surface area contributed by atoms with Gasteiger partial charge in [-0.2, -0.15) is 0 Å². The highest BCUT2D eigenvalue weighted by molar-refractivity contribution is 5.66. The Bertz CT molecular complexity index is 369. The Labute approximate surface area is 97.3 Å². The first kappa shape index (κ1) is 12.8. The van der Waals surface area contributed by atoms with Crippen LogP contribution in [0, 0.1) is 19.8 Å². The molecule has 1 atom stereocenters. The summed E-state index contributed by atoms with van der Waals surface area (Å²) in [6.45, 7) is 6.19. The highest BCUT2D eigenvalue weighted by Gasteiger charge is 2.08. The number of hydrogen-bond donors (Lipinski definition) is 1. The predicted molar refractivity (Wildman–Crippen MR) is 65.7 cm³/mol. The van der Waals surface area contributed by atoms with Crippen molar-refractivity contribution in [1.82, 2.24) is 0 Å². The molecule has 0 aromatic heterocycles. The van der Waals surface area contributed by atoms with Gasteiger partial charge in [-0.3, -0.25) is 4.79 Å². The highest BCUT2D eigenvalue weighted by Crippen LogP contribution is 2.17. The standard InChI is InChI=1S/C14H20O2/c1-10-4-6-12(3)13(8-10)7-5-11(2)9-14(15)16/h4,6,8,11H,5,7,9H2,1-3H3,(H,15,16). The molecule has 88 valence electrons. The zero-order chi connectivity index (χ0) is 12.1. The van der Waals surface area contributed by atoms with Gasteiger partial charge < -0.3 is 5.11 Å². The summed E-state index contributed by atoms with van der Waals surface area (Å²) < 4.78 is 0. The molecule has 0 amide bonds. The van der Waals surface area contributed by atoms with Crippen LogP contribution in [0.15, 0.2) is 18.2 Å². The molecular formula is C14H20O2. The van der Waals surface area contributed by atoms with E-state index in [0.717, 1.165) is 12.8 Å². The molecule has 0 aliphatic carbocycles. The van der Waals surface area contributed by atoms with Gasteiger partial charge in [-0.15, -0.1) is 0 Å². The van der Waals surface area contributed by atoms with Gasteiger partial charge in [0, 0.05) is 6.42 Å². The molecule has 0 saturated carbocycles. The molecule has 0 saturated heterocycles. The Kier molecular flexibility index (Phi) is 4.53. The molecule has 0 bridgehead atoms. The lowest BCUT2D eigenvalue weighted by atomic mass is 9.95. The third-order valence-electron chi connectivity index (χ3n) is 2.93. The van der Waals surface area contributed by atoms with Gasteiger partial charge in [0.25, 0.3) is 0 Å². The van der Waals surface area contributed by atoms with Crippen LogP contribution < -0.4 is 0 Å². The summed E-state index contributed by atoms with van der Waals surface area (Å²) in [5, 5.41) is 8.68. The molecule has 1 unspecified atom stereocenters. The fraction of sp³-hybridized carbons (Fsp3) is 0.500. The van der Waals surface area contributed by atoms with Crippen LogP contribution in [0.5, 0.6) is 0 Å². The quantitative estimate of drug-likeness (QED) is 0.826. The van der Waals surface area contributed by atoms with Crippen LogP contribution in [-0.4, -0.2) is 11.1 Å². The number of hydrogen-bond acceptors (Lipinski definition) is 1. The molecule has 1 aromatic carbocycles. The van der Waals surface area contributed by atoms with Crippen LogP contribution in [0.4, 0.5) is 0 Å². The maximum Gasteiger partial charge on any atom is 0.303 e. The van der Waals surface area contributed by atoms with Crippen LogP contribution in [-0.2, 0) is 11.2 Å². The van der Waals surface area contributed by atoms with Crippen LogP contribution >= 0.6 is 0 Å². The molecule has 2 heteroatoms. The summed E-state index contributed by atoms with van der Waals surface area (Å²) in [4.78, 5) is 10.5. The van der Waals surface area contributed by atoms with E-state index in [1.54, 1.807) is 0 Å². The van der Waals surface area contributed by atoms with Crippen molar-refractivity contribution >= 4 is 5.97 Å². The molecule has 0 aliphatic rings. The summed E-state index contributed by atoms with van der Waals surface area (Å²) in [6, 6.07) is 6.44. The summed E-state index contributed by atoms with van der Waals surface area (Å²) in [7, 11) is 0. The zero-order valence-electron chi connectivity index (χ0n) is 10.3. The third-order valence-corrected chi connectivity index (χ3v) is 2.93. The lowest BCUT2D eigenvalue weighted by Gasteiger charge is -2.11. The highest BCUT2D eigenvalue weighted by atomic mass is 16.4. The molecule has 0 radical (unpaired) electrons. The van der Waals surface area contributed by atoms with Crippen molar-refractivity contribution in [3.8, 4) is 0 Å². The second-order valence-electron chi connectivity index (χ2n) is 4.67. The molecule has 0 spiro atoms. The maximum atomic E-state index is 10.5. The normalized spacial score (nSPS) is 12.4. The number of aliphatic carboxylic acids is 1. The average Bonchev–Trinajstić information content (AvgIpc) is 2.18. The number of carbonyl (C=O) groups is 1. The Balaban J connectivity index is 2.54.